The maximum Gasteiger partial charge on any atom is 0.325 e. The minimum atomic E-state index is -0.0966. The molecular weight excluding hydrogens is 376 g/mol. The summed E-state index contributed by atoms with van der Waals surface area (Å²) >= 11 is 1.65. The summed E-state index contributed by atoms with van der Waals surface area (Å²) in [5.74, 6) is 1.79. The second kappa shape index (κ2) is 12.0. The van der Waals surface area contributed by atoms with Crippen molar-refractivity contribution in [3.8, 4) is 6.19 Å². The lowest BCUT2D eigenvalue weighted by atomic mass is 10.2. The Hall–Kier alpha value is -3.45. The van der Waals surface area contributed by atoms with Crippen LogP contribution in [0.3, 0.4) is 0 Å². The molecule has 1 aromatic heterocycles. The molecule has 0 amide bonds. The van der Waals surface area contributed by atoms with E-state index < -0.39 is 0 Å². The van der Waals surface area contributed by atoms with Crippen LogP contribution >= 0.6 is 11.8 Å². The van der Waals surface area contributed by atoms with Crippen LogP contribution in [0.2, 0.25) is 0 Å². The van der Waals surface area contributed by atoms with Crippen LogP contribution in [0.5, 0.6) is 0 Å². The zero-order valence-electron chi connectivity index (χ0n) is 15.2. The third-order valence-corrected chi connectivity index (χ3v) is 4.18. The Labute approximate surface area is 167 Å². The average molecular weight is 398 g/mol. The molecule has 0 fully saturated rings. The number of nitrogens with two attached hydrogens (primary N) is 2. The molecule has 146 valence electrons. The molecule has 1 heterocycles. The molecule has 0 spiro atoms. The highest BCUT2D eigenvalue weighted by Crippen LogP contribution is 2.15. The van der Waals surface area contributed by atoms with Crippen molar-refractivity contribution in [3.63, 3.8) is 0 Å². The summed E-state index contributed by atoms with van der Waals surface area (Å²) in [7, 11) is 0. The third-order valence-electron chi connectivity index (χ3n) is 3.19. The Morgan fingerprint density at radius 1 is 1.32 bits per heavy atom. The number of aliphatic imine (C=N–C) groups is 2. The molecular formula is C18H22N8OS. The summed E-state index contributed by atoms with van der Waals surface area (Å²) in [6, 6.07) is 10.1. The SMILES string of the molecule is N#CNC(=NC/C=C/c1ccccc1)NCCSCc1coc(N=C(N)N)n1. The predicted molar refractivity (Wildman–Crippen MR) is 113 cm³/mol. The molecule has 6 N–H and O–H groups in total. The number of benzene rings is 1. The van der Waals surface area contributed by atoms with Gasteiger partial charge in [0.2, 0.25) is 5.96 Å². The number of guanidine groups is 2. The van der Waals surface area contributed by atoms with E-state index in [1.807, 2.05) is 48.7 Å². The fraction of sp³-hybridized carbons (Fsp3) is 0.222. The van der Waals surface area contributed by atoms with Crippen LogP contribution in [0.4, 0.5) is 6.01 Å². The molecule has 2 aromatic rings. The molecule has 28 heavy (non-hydrogen) atoms. The topological polar surface area (TPSA) is 151 Å². The molecule has 0 aliphatic heterocycles. The second-order valence-electron chi connectivity index (χ2n) is 5.38. The highest BCUT2D eigenvalue weighted by Gasteiger charge is 2.03. The molecule has 0 unspecified atom stereocenters. The van der Waals surface area contributed by atoms with E-state index in [1.54, 1.807) is 11.8 Å². The van der Waals surface area contributed by atoms with E-state index in [-0.39, 0.29) is 12.0 Å². The van der Waals surface area contributed by atoms with Gasteiger partial charge in [0.1, 0.15) is 6.26 Å². The van der Waals surface area contributed by atoms with Crippen molar-refractivity contribution in [1.82, 2.24) is 15.6 Å². The molecule has 0 saturated heterocycles. The number of hydrogen-bond acceptors (Lipinski definition) is 6. The van der Waals surface area contributed by atoms with E-state index in [9.17, 15) is 0 Å². The summed E-state index contributed by atoms with van der Waals surface area (Å²) in [6.07, 6.45) is 7.32. The average Bonchev–Trinajstić information content (AvgIpc) is 3.12. The number of rotatable bonds is 9. The van der Waals surface area contributed by atoms with E-state index in [4.69, 9.17) is 21.1 Å². The quantitative estimate of drug-likeness (QED) is 0.163. The lowest BCUT2D eigenvalue weighted by molar-refractivity contribution is 0.568. The van der Waals surface area contributed by atoms with Crippen molar-refractivity contribution in [1.29, 1.82) is 5.26 Å². The van der Waals surface area contributed by atoms with Gasteiger partial charge in [0.15, 0.2) is 12.2 Å². The lowest BCUT2D eigenvalue weighted by Crippen LogP contribution is -2.36. The van der Waals surface area contributed by atoms with Crippen molar-refractivity contribution >= 4 is 35.8 Å². The second-order valence-corrected chi connectivity index (χ2v) is 6.48. The monoisotopic (exact) mass is 398 g/mol. The summed E-state index contributed by atoms with van der Waals surface area (Å²) in [5, 5.41) is 14.5. The van der Waals surface area contributed by atoms with Gasteiger partial charge in [-0.2, -0.15) is 27.0 Å². The highest BCUT2D eigenvalue weighted by molar-refractivity contribution is 7.98. The van der Waals surface area contributed by atoms with E-state index in [2.05, 4.69) is 25.6 Å². The van der Waals surface area contributed by atoms with Crippen molar-refractivity contribution < 1.29 is 4.42 Å². The number of nitriles is 1. The van der Waals surface area contributed by atoms with Crippen LogP contribution in [0.1, 0.15) is 11.3 Å². The number of aromatic nitrogens is 1. The van der Waals surface area contributed by atoms with Crippen molar-refractivity contribution in [2.45, 2.75) is 5.75 Å². The van der Waals surface area contributed by atoms with Crippen molar-refractivity contribution in [3.05, 3.63) is 53.9 Å². The highest BCUT2D eigenvalue weighted by atomic mass is 32.2. The first-order valence-electron chi connectivity index (χ1n) is 8.44. The summed E-state index contributed by atoms with van der Waals surface area (Å²) in [4.78, 5) is 12.2. The largest absolute Gasteiger partial charge is 0.430 e. The molecule has 2 rings (SSSR count). The van der Waals surface area contributed by atoms with Gasteiger partial charge < -0.3 is 21.2 Å². The summed E-state index contributed by atoms with van der Waals surface area (Å²) in [5.41, 5.74) is 12.4. The van der Waals surface area contributed by atoms with Gasteiger partial charge in [0, 0.05) is 18.1 Å². The zero-order valence-corrected chi connectivity index (χ0v) is 16.0. The van der Waals surface area contributed by atoms with Gasteiger partial charge in [-0.25, -0.2) is 4.99 Å². The predicted octanol–water partition coefficient (Wildman–Crippen LogP) is 1.54. The van der Waals surface area contributed by atoms with Crippen LogP contribution in [0.15, 0.2) is 57.1 Å². The minimum Gasteiger partial charge on any atom is -0.430 e. The third kappa shape index (κ3) is 8.29. The van der Waals surface area contributed by atoms with Gasteiger partial charge in [0.25, 0.3) is 0 Å². The first kappa shape index (κ1) is 20.9. The Balaban J connectivity index is 1.69. The molecule has 9 nitrogen and oxygen atoms in total. The Morgan fingerprint density at radius 2 is 2.14 bits per heavy atom. The maximum atomic E-state index is 8.84. The fourth-order valence-corrected chi connectivity index (χ4v) is 2.76. The smallest absolute Gasteiger partial charge is 0.325 e. The first-order valence-corrected chi connectivity index (χ1v) is 9.59. The Kier molecular flexibility index (Phi) is 8.96. The lowest BCUT2D eigenvalue weighted by Gasteiger charge is -2.06. The molecule has 0 aliphatic rings. The van der Waals surface area contributed by atoms with Gasteiger partial charge in [0.05, 0.1) is 12.2 Å². The van der Waals surface area contributed by atoms with Gasteiger partial charge in [-0.3, -0.25) is 5.32 Å². The van der Waals surface area contributed by atoms with Crippen molar-refractivity contribution in [2.75, 3.05) is 18.8 Å². The fourth-order valence-electron chi connectivity index (χ4n) is 2.03. The number of nitrogens with zero attached hydrogens (tertiary/aromatic N) is 4. The van der Waals surface area contributed by atoms with Gasteiger partial charge in [-0.05, 0) is 5.56 Å². The Bertz CT molecular complexity index is 850. The van der Waals surface area contributed by atoms with Crippen LogP contribution in [0.25, 0.3) is 6.08 Å². The summed E-state index contributed by atoms with van der Waals surface area (Å²) < 4.78 is 5.13. The molecule has 0 saturated carbocycles. The normalized spacial score (nSPS) is 11.2. The van der Waals surface area contributed by atoms with Gasteiger partial charge >= 0.3 is 6.01 Å². The van der Waals surface area contributed by atoms with E-state index in [0.717, 1.165) is 17.0 Å². The number of oxazole rings is 1. The van der Waals surface area contributed by atoms with E-state index >= 15 is 0 Å². The minimum absolute atomic E-state index is 0.0966. The van der Waals surface area contributed by atoms with Crippen LogP contribution in [-0.2, 0) is 5.75 Å². The number of hydrogen-bond donors (Lipinski definition) is 4. The number of nitrogens with one attached hydrogen (secondary N) is 2. The molecule has 1 aromatic carbocycles. The molecule has 0 bridgehead atoms. The van der Waals surface area contributed by atoms with E-state index in [1.165, 1.54) is 6.26 Å². The van der Waals surface area contributed by atoms with Crippen LogP contribution < -0.4 is 22.1 Å². The first-order chi connectivity index (χ1) is 13.7. The maximum absolute atomic E-state index is 8.84. The molecule has 10 heteroatoms. The van der Waals surface area contributed by atoms with Crippen molar-refractivity contribution in [2.24, 2.45) is 21.5 Å². The van der Waals surface area contributed by atoms with Gasteiger partial charge in [-0.1, -0.05) is 42.5 Å². The molecule has 0 atom stereocenters. The van der Waals surface area contributed by atoms with Crippen LogP contribution in [-0.4, -0.2) is 35.7 Å². The van der Waals surface area contributed by atoms with E-state index in [0.29, 0.717) is 24.8 Å². The molecule has 0 radical (unpaired) electrons. The number of thioether (sulfide) groups is 1. The van der Waals surface area contributed by atoms with Gasteiger partial charge in [-0.15, -0.1) is 0 Å². The standard InChI is InChI=1S/C18H22N8OS/c19-13-24-17(22-8-4-7-14-5-2-1-3-6-14)23-9-10-28-12-15-11-27-18(25-15)26-16(20)21/h1-7,11H,8-10,12H2,(H2,22,23,24)(H4,20,21,25,26)/b7-4+. The van der Waals surface area contributed by atoms with Crippen LogP contribution in [0, 0.1) is 11.5 Å². The summed E-state index contributed by atoms with van der Waals surface area (Å²) in [6.45, 7) is 1.10. The molecule has 0 aliphatic carbocycles. The Morgan fingerprint density at radius 3 is 2.89 bits per heavy atom. The zero-order chi connectivity index (χ0) is 20.0.